The standard InChI is InChI=1S/C22H27N3O4/c1-6-7-16-10-20(26)29-21-13(2)19(9-8-18(16)21)28-15(4)22(27)25(5)12-17-11-23-24-14(17)3/h8-11,15H,6-7,12H2,1-5H3,(H,23,24). The summed E-state index contributed by atoms with van der Waals surface area (Å²) < 4.78 is 11.4. The van der Waals surface area contributed by atoms with Gasteiger partial charge in [0.1, 0.15) is 11.3 Å². The molecule has 0 bridgehead atoms. The van der Waals surface area contributed by atoms with E-state index in [0.29, 0.717) is 23.4 Å². The van der Waals surface area contributed by atoms with Crippen molar-refractivity contribution in [1.29, 1.82) is 0 Å². The first-order chi connectivity index (χ1) is 13.8. The molecule has 0 spiro atoms. The van der Waals surface area contributed by atoms with Crippen LogP contribution < -0.4 is 10.4 Å². The van der Waals surface area contributed by atoms with Gasteiger partial charge in [0.25, 0.3) is 5.91 Å². The molecule has 0 fully saturated rings. The van der Waals surface area contributed by atoms with Crippen LogP contribution >= 0.6 is 0 Å². The van der Waals surface area contributed by atoms with Crippen LogP contribution in [0.1, 0.15) is 42.7 Å². The molecule has 3 rings (SSSR count). The molecule has 1 atom stereocenters. The second-order valence-corrected chi connectivity index (χ2v) is 7.38. The first-order valence-electron chi connectivity index (χ1n) is 9.78. The van der Waals surface area contributed by atoms with Crippen LogP contribution in [0.2, 0.25) is 0 Å². The van der Waals surface area contributed by atoms with Crippen LogP contribution in [0, 0.1) is 13.8 Å². The van der Waals surface area contributed by atoms with Gasteiger partial charge in [-0.25, -0.2) is 4.79 Å². The molecule has 2 aromatic heterocycles. The molecule has 154 valence electrons. The van der Waals surface area contributed by atoms with Crippen molar-refractivity contribution in [3.05, 3.63) is 57.2 Å². The minimum atomic E-state index is -0.686. The van der Waals surface area contributed by atoms with Crippen molar-refractivity contribution in [2.75, 3.05) is 7.05 Å². The molecule has 3 aromatic rings. The Morgan fingerprint density at radius 1 is 1.31 bits per heavy atom. The molecule has 0 aliphatic rings. The number of hydrogen-bond donors (Lipinski definition) is 1. The molecule has 1 N–H and O–H groups in total. The Balaban J connectivity index is 1.81. The lowest BCUT2D eigenvalue weighted by molar-refractivity contribution is -0.137. The minimum absolute atomic E-state index is 0.147. The summed E-state index contributed by atoms with van der Waals surface area (Å²) in [5, 5.41) is 7.76. The zero-order valence-electron chi connectivity index (χ0n) is 17.5. The lowest BCUT2D eigenvalue weighted by Gasteiger charge is -2.23. The highest BCUT2D eigenvalue weighted by atomic mass is 16.5. The summed E-state index contributed by atoms with van der Waals surface area (Å²) in [6.07, 6.45) is 2.76. The monoisotopic (exact) mass is 397 g/mol. The molecule has 1 unspecified atom stereocenters. The first kappa shape index (κ1) is 20.6. The predicted molar refractivity (Wildman–Crippen MR) is 111 cm³/mol. The summed E-state index contributed by atoms with van der Waals surface area (Å²) in [5.41, 5.74) is 3.71. The SMILES string of the molecule is CCCc1cc(=O)oc2c(C)c(OC(C)C(=O)N(C)Cc3cn[nH]c3C)ccc12. The smallest absolute Gasteiger partial charge is 0.336 e. The highest BCUT2D eigenvalue weighted by molar-refractivity contribution is 5.85. The Morgan fingerprint density at radius 3 is 2.72 bits per heavy atom. The van der Waals surface area contributed by atoms with Gasteiger partial charge >= 0.3 is 5.63 Å². The summed E-state index contributed by atoms with van der Waals surface area (Å²) in [6, 6.07) is 5.27. The summed E-state index contributed by atoms with van der Waals surface area (Å²) in [5.74, 6) is 0.384. The normalized spacial score (nSPS) is 12.2. The van der Waals surface area contributed by atoms with Crippen molar-refractivity contribution in [3.8, 4) is 5.75 Å². The number of aromatic nitrogens is 2. The number of nitrogens with one attached hydrogen (secondary N) is 1. The molecule has 2 heterocycles. The van der Waals surface area contributed by atoms with Gasteiger partial charge in [-0.05, 0) is 44.9 Å². The highest BCUT2D eigenvalue weighted by Gasteiger charge is 2.22. The van der Waals surface area contributed by atoms with Gasteiger partial charge in [-0.3, -0.25) is 9.89 Å². The van der Waals surface area contributed by atoms with Crippen molar-refractivity contribution >= 4 is 16.9 Å². The summed E-state index contributed by atoms with van der Waals surface area (Å²) in [6.45, 7) is 7.99. The quantitative estimate of drug-likeness (QED) is 0.616. The topological polar surface area (TPSA) is 88.4 Å². The van der Waals surface area contributed by atoms with E-state index in [-0.39, 0.29) is 11.5 Å². The third-order valence-electron chi connectivity index (χ3n) is 5.09. The average molecular weight is 397 g/mol. The van der Waals surface area contributed by atoms with E-state index >= 15 is 0 Å². The van der Waals surface area contributed by atoms with E-state index in [4.69, 9.17) is 9.15 Å². The number of benzene rings is 1. The van der Waals surface area contributed by atoms with Gasteiger partial charge in [0.05, 0.1) is 6.20 Å². The molecule has 1 aromatic carbocycles. The molecule has 29 heavy (non-hydrogen) atoms. The fourth-order valence-electron chi connectivity index (χ4n) is 3.43. The lowest BCUT2D eigenvalue weighted by atomic mass is 10.0. The summed E-state index contributed by atoms with van der Waals surface area (Å²) >= 11 is 0. The van der Waals surface area contributed by atoms with Crippen molar-refractivity contribution in [2.24, 2.45) is 0 Å². The Morgan fingerprint density at radius 2 is 2.07 bits per heavy atom. The zero-order valence-corrected chi connectivity index (χ0v) is 17.5. The molecule has 1 amide bonds. The van der Waals surface area contributed by atoms with Crippen molar-refractivity contribution in [1.82, 2.24) is 15.1 Å². The number of nitrogens with zero attached hydrogens (tertiary/aromatic N) is 2. The van der Waals surface area contributed by atoms with E-state index in [1.165, 1.54) is 0 Å². The second-order valence-electron chi connectivity index (χ2n) is 7.38. The van der Waals surface area contributed by atoms with Gasteiger partial charge in [0, 0.05) is 41.9 Å². The maximum atomic E-state index is 12.8. The molecule has 0 radical (unpaired) electrons. The van der Waals surface area contributed by atoms with E-state index in [2.05, 4.69) is 17.1 Å². The van der Waals surface area contributed by atoms with Gasteiger partial charge in [-0.1, -0.05) is 13.3 Å². The number of H-pyrrole nitrogens is 1. The molecule has 7 heteroatoms. The fourth-order valence-corrected chi connectivity index (χ4v) is 3.43. The Bertz CT molecular complexity index is 1080. The van der Waals surface area contributed by atoms with Crippen LogP contribution in [0.25, 0.3) is 11.0 Å². The molecular weight excluding hydrogens is 370 g/mol. The number of aromatic amines is 1. The van der Waals surface area contributed by atoms with Gasteiger partial charge in [0.2, 0.25) is 0 Å². The molecule has 7 nitrogen and oxygen atoms in total. The maximum Gasteiger partial charge on any atom is 0.336 e. The number of aryl methyl sites for hydroxylation is 3. The molecule has 0 saturated carbocycles. The summed E-state index contributed by atoms with van der Waals surface area (Å²) in [4.78, 5) is 26.3. The Labute approximate surface area is 169 Å². The molecule has 0 aliphatic carbocycles. The number of hydrogen-bond acceptors (Lipinski definition) is 5. The molecule has 0 aliphatic heterocycles. The van der Waals surface area contributed by atoms with E-state index in [9.17, 15) is 9.59 Å². The highest BCUT2D eigenvalue weighted by Crippen LogP contribution is 2.29. The van der Waals surface area contributed by atoms with E-state index in [0.717, 1.165) is 35.0 Å². The number of likely N-dealkylation sites (N-methyl/N-ethyl adjacent to an activating group) is 1. The number of carbonyl (C=O) groups excluding carboxylic acids is 1. The van der Waals surface area contributed by atoms with Crippen LogP contribution in [0.3, 0.4) is 0 Å². The van der Waals surface area contributed by atoms with Crippen molar-refractivity contribution in [3.63, 3.8) is 0 Å². The average Bonchev–Trinajstić information content (AvgIpc) is 3.08. The van der Waals surface area contributed by atoms with Crippen LogP contribution in [0.5, 0.6) is 5.75 Å². The number of rotatable bonds is 7. The third kappa shape index (κ3) is 4.34. The summed E-state index contributed by atoms with van der Waals surface area (Å²) in [7, 11) is 1.73. The first-order valence-corrected chi connectivity index (χ1v) is 9.78. The maximum absolute atomic E-state index is 12.8. The van der Waals surface area contributed by atoms with Gasteiger partial charge < -0.3 is 14.1 Å². The van der Waals surface area contributed by atoms with Crippen LogP contribution in [0.15, 0.2) is 33.6 Å². The number of carbonyl (C=O) groups is 1. The Hall–Kier alpha value is -3.09. The lowest BCUT2D eigenvalue weighted by Crippen LogP contribution is -2.37. The van der Waals surface area contributed by atoms with Crippen molar-refractivity contribution < 1.29 is 13.9 Å². The van der Waals surface area contributed by atoms with Crippen LogP contribution in [-0.4, -0.2) is 34.2 Å². The minimum Gasteiger partial charge on any atom is -0.480 e. The van der Waals surface area contributed by atoms with Gasteiger partial charge in [-0.2, -0.15) is 5.10 Å². The Kier molecular flexibility index (Phi) is 6.06. The zero-order chi connectivity index (χ0) is 21.1. The molecular formula is C22H27N3O4. The van der Waals surface area contributed by atoms with Crippen molar-refractivity contribution in [2.45, 2.75) is 53.2 Å². The van der Waals surface area contributed by atoms with Gasteiger partial charge in [-0.15, -0.1) is 0 Å². The van der Waals surface area contributed by atoms with E-state index in [1.807, 2.05) is 26.0 Å². The number of fused-ring (bicyclic) bond motifs is 1. The number of ether oxygens (including phenoxy) is 1. The van der Waals surface area contributed by atoms with Crippen LogP contribution in [-0.2, 0) is 17.8 Å². The number of amides is 1. The van der Waals surface area contributed by atoms with E-state index in [1.54, 1.807) is 31.1 Å². The second kappa shape index (κ2) is 8.51. The fraction of sp³-hybridized carbons (Fsp3) is 0.409. The third-order valence-corrected chi connectivity index (χ3v) is 5.09. The molecule has 0 saturated heterocycles. The van der Waals surface area contributed by atoms with Crippen LogP contribution in [0.4, 0.5) is 0 Å². The largest absolute Gasteiger partial charge is 0.480 e. The predicted octanol–water partition coefficient (Wildman–Crippen LogP) is 3.51. The van der Waals surface area contributed by atoms with E-state index < -0.39 is 6.10 Å². The van der Waals surface area contributed by atoms with Gasteiger partial charge in [0.15, 0.2) is 6.10 Å².